The number of halogens is 3. The van der Waals surface area contributed by atoms with Gasteiger partial charge < -0.3 is 14.2 Å². The van der Waals surface area contributed by atoms with Crippen LogP contribution in [0.25, 0.3) is 6.08 Å². The standard InChI is InChI=1S/C20H14Cl2INO5/c1-3-27-17-8-11(6-15(22)18(17)28-10(2)25)7-16-20(26)29-19(24-16)13-9-12(23)4-5-14(13)21/h4-9H,3H2,1-2H3/b16-7-. The van der Waals surface area contributed by atoms with Crippen LogP contribution in [0.1, 0.15) is 25.0 Å². The van der Waals surface area contributed by atoms with Crippen LogP contribution < -0.4 is 9.47 Å². The molecule has 29 heavy (non-hydrogen) atoms. The van der Waals surface area contributed by atoms with Crippen molar-refractivity contribution in [2.45, 2.75) is 13.8 Å². The van der Waals surface area contributed by atoms with Crippen molar-refractivity contribution in [2.75, 3.05) is 6.61 Å². The van der Waals surface area contributed by atoms with Crippen LogP contribution in [0.15, 0.2) is 41.0 Å². The number of aliphatic imine (C=N–C) groups is 1. The molecule has 0 aliphatic carbocycles. The number of cyclic esters (lactones) is 1. The maximum atomic E-state index is 12.3. The van der Waals surface area contributed by atoms with Crippen LogP contribution in [0.2, 0.25) is 10.0 Å². The monoisotopic (exact) mass is 545 g/mol. The van der Waals surface area contributed by atoms with Gasteiger partial charge in [-0.3, -0.25) is 4.79 Å². The molecule has 0 amide bonds. The zero-order valence-electron chi connectivity index (χ0n) is 15.3. The molecule has 0 atom stereocenters. The summed E-state index contributed by atoms with van der Waals surface area (Å²) in [6.07, 6.45) is 1.50. The summed E-state index contributed by atoms with van der Waals surface area (Å²) in [6, 6.07) is 8.45. The lowest BCUT2D eigenvalue weighted by molar-refractivity contribution is -0.132. The molecule has 0 spiro atoms. The Morgan fingerprint density at radius 2 is 2.00 bits per heavy atom. The average molecular weight is 546 g/mol. The number of benzene rings is 2. The van der Waals surface area contributed by atoms with Crippen molar-refractivity contribution in [3.63, 3.8) is 0 Å². The van der Waals surface area contributed by atoms with E-state index < -0.39 is 11.9 Å². The lowest BCUT2D eigenvalue weighted by Gasteiger charge is -2.12. The number of hydrogen-bond donors (Lipinski definition) is 0. The Morgan fingerprint density at radius 3 is 2.69 bits per heavy atom. The summed E-state index contributed by atoms with van der Waals surface area (Å²) in [5.41, 5.74) is 1.13. The third-order valence-electron chi connectivity index (χ3n) is 3.66. The number of carbonyl (C=O) groups is 2. The predicted molar refractivity (Wildman–Crippen MR) is 119 cm³/mol. The maximum Gasteiger partial charge on any atom is 0.363 e. The first-order valence-electron chi connectivity index (χ1n) is 8.41. The van der Waals surface area contributed by atoms with Gasteiger partial charge in [0, 0.05) is 10.5 Å². The Kier molecular flexibility index (Phi) is 6.81. The van der Waals surface area contributed by atoms with Crippen molar-refractivity contribution >= 4 is 69.7 Å². The van der Waals surface area contributed by atoms with Crippen molar-refractivity contribution in [1.29, 1.82) is 0 Å². The Labute approximate surface area is 190 Å². The van der Waals surface area contributed by atoms with Gasteiger partial charge in [0.25, 0.3) is 0 Å². The van der Waals surface area contributed by atoms with Crippen LogP contribution in [0.3, 0.4) is 0 Å². The predicted octanol–water partition coefficient (Wildman–Crippen LogP) is 5.27. The van der Waals surface area contributed by atoms with Gasteiger partial charge >= 0.3 is 11.9 Å². The summed E-state index contributed by atoms with van der Waals surface area (Å²) >= 11 is 14.6. The van der Waals surface area contributed by atoms with Gasteiger partial charge in [0.15, 0.2) is 17.2 Å². The van der Waals surface area contributed by atoms with E-state index in [9.17, 15) is 9.59 Å². The molecule has 2 aromatic carbocycles. The smallest absolute Gasteiger partial charge is 0.363 e. The minimum atomic E-state index is -0.618. The molecule has 0 fully saturated rings. The third-order valence-corrected chi connectivity index (χ3v) is 4.94. The van der Waals surface area contributed by atoms with Gasteiger partial charge in [-0.25, -0.2) is 9.79 Å². The van der Waals surface area contributed by atoms with E-state index in [0.717, 1.165) is 3.57 Å². The topological polar surface area (TPSA) is 74.2 Å². The van der Waals surface area contributed by atoms with Crippen LogP contribution in [-0.4, -0.2) is 24.4 Å². The first kappa shape index (κ1) is 21.6. The molecule has 0 radical (unpaired) electrons. The van der Waals surface area contributed by atoms with Crippen LogP contribution in [0.5, 0.6) is 11.5 Å². The average Bonchev–Trinajstić information content (AvgIpc) is 3.00. The number of hydrogen-bond acceptors (Lipinski definition) is 6. The summed E-state index contributed by atoms with van der Waals surface area (Å²) in [5.74, 6) is -0.627. The molecule has 0 saturated heterocycles. The largest absolute Gasteiger partial charge is 0.490 e. The van der Waals surface area contributed by atoms with Crippen molar-refractivity contribution in [1.82, 2.24) is 0 Å². The summed E-state index contributed by atoms with van der Waals surface area (Å²) < 4.78 is 16.8. The summed E-state index contributed by atoms with van der Waals surface area (Å²) in [4.78, 5) is 27.9. The van der Waals surface area contributed by atoms with Crippen LogP contribution in [0, 0.1) is 3.57 Å². The molecule has 0 unspecified atom stereocenters. The lowest BCUT2D eigenvalue weighted by atomic mass is 10.1. The minimum absolute atomic E-state index is 0.0775. The van der Waals surface area contributed by atoms with E-state index in [1.165, 1.54) is 19.1 Å². The maximum absolute atomic E-state index is 12.3. The van der Waals surface area contributed by atoms with Gasteiger partial charge in [-0.1, -0.05) is 23.2 Å². The number of ether oxygens (including phenoxy) is 3. The van der Waals surface area contributed by atoms with Gasteiger partial charge in [0.1, 0.15) is 0 Å². The molecular formula is C20H14Cl2INO5. The second kappa shape index (κ2) is 9.15. The van der Waals surface area contributed by atoms with Gasteiger partial charge in [-0.2, -0.15) is 0 Å². The van der Waals surface area contributed by atoms with Gasteiger partial charge in [0.2, 0.25) is 5.90 Å². The fourth-order valence-electron chi connectivity index (χ4n) is 2.52. The van der Waals surface area contributed by atoms with Gasteiger partial charge in [-0.05, 0) is 71.5 Å². The minimum Gasteiger partial charge on any atom is -0.490 e. The number of esters is 2. The SMILES string of the molecule is CCOc1cc(/C=C2\N=C(c3cc(I)ccc3Cl)OC2=O)cc(Cl)c1OC(C)=O. The molecule has 0 N–H and O–H groups in total. The highest BCUT2D eigenvalue weighted by molar-refractivity contribution is 14.1. The quantitative estimate of drug-likeness (QED) is 0.221. The first-order valence-corrected chi connectivity index (χ1v) is 10.2. The van der Waals surface area contributed by atoms with Crippen molar-refractivity contribution < 1.29 is 23.8 Å². The highest BCUT2D eigenvalue weighted by Gasteiger charge is 2.26. The van der Waals surface area contributed by atoms with E-state index in [1.807, 2.05) is 6.07 Å². The Bertz CT molecular complexity index is 1070. The molecule has 0 aromatic heterocycles. The fourth-order valence-corrected chi connectivity index (χ4v) is 3.47. The van der Waals surface area contributed by atoms with E-state index >= 15 is 0 Å². The van der Waals surface area contributed by atoms with Crippen LogP contribution >= 0.6 is 45.8 Å². The second-order valence-corrected chi connectivity index (χ2v) is 7.88. The number of nitrogens with zero attached hydrogens (tertiary/aromatic N) is 1. The van der Waals surface area contributed by atoms with Crippen molar-refractivity contribution in [3.8, 4) is 11.5 Å². The summed E-state index contributed by atoms with van der Waals surface area (Å²) in [7, 11) is 0. The Hall–Kier alpha value is -2.10. The molecule has 0 saturated carbocycles. The van der Waals surface area contributed by atoms with E-state index in [1.54, 1.807) is 25.1 Å². The van der Waals surface area contributed by atoms with Gasteiger partial charge in [0.05, 0.1) is 22.2 Å². The van der Waals surface area contributed by atoms with E-state index in [2.05, 4.69) is 27.6 Å². The zero-order valence-corrected chi connectivity index (χ0v) is 19.0. The molecule has 150 valence electrons. The van der Waals surface area contributed by atoms with E-state index in [-0.39, 0.29) is 28.1 Å². The molecule has 1 aliphatic rings. The zero-order chi connectivity index (χ0) is 21.1. The van der Waals surface area contributed by atoms with Crippen LogP contribution in [0.4, 0.5) is 0 Å². The third kappa shape index (κ3) is 5.09. The first-order chi connectivity index (χ1) is 13.8. The number of carbonyl (C=O) groups excluding carboxylic acids is 2. The molecule has 6 nitrogen and oxygen atoms in total. The fraction of sp³-hybridized carbons (Fsp3) is 0.150. The Balaban J connectivity index is 2.01. The summed E-state index contributed by atoms with van der Waals surface area (Å²) in [6.45, 7) is 3.38. The molecule has 2 aromatic rings. The normalized spacial score (nSPS) is 14.6. The van der Waals surface area contributed by atoms with E-state index in [0.29, 0.717) is 22.8 Å². The lowest BCUT2D eigenvalue weighted by Crippen LogP contribution is -2.06. The van der Waals surface area contributed by atoms with Gasteiger partial charge in [-0.15, -0.1) is 0 Å². The molecule has 1 aliphatic heterocycles. The molecule has 9 heteroatoms. The molecule has 3 rings (SSSR count). The molecular weight excluding hydrogens is 532 g/mol. The number of rotatable bonds is 5. The van der Waals surface area contributed by atoms with Crippen molar-refractivity contribution in [2.24, 2.45) is 4.99 Å². The highest BCUT2D eigenvalue weighted by Crippen LogP contribution is 2.38. The molecule has 1 heterocycles. The Morgan fingerprint density at radius 1 is 1.24 bits per heavy atom. The molecule has 0 bridgehead atoms. The van der Waals surface area contributed by atoms with Crippen molar-refractivity contribution in [3.05, 3.63) is 60.8 Å². The second-order valence-electron chi connectivity index (χ2n) is 5.82. The van der Waals surface area contributed by atoms with E-state index in [4.69, 9.17) is 37.4 Å². The van der Waals surface area contributed by atoms with Crippen LogP contribution in [-0.2, 0) is 14.3 Å². The summed E-state index contributed by atoms with van der Waals surface area (Å²) in [5, 5.41) is 0.583. The highest BCUT2D eigenvalue weighted by atomic mass is 127.